The smallest absolute Gasteiger partial charge is 0.166 e. The monoisotopic (exact) mass is 319 g/mol. The summed E-state index contributed by atoms with van der Waals surface area (Å²) in [4.78, 5) is 0. The zero-order chi connectivity index (χ0) is 12.8. The van der Waals surface area contributed by atoms with Gasteiger partial charge in [0.15, 0.2) is 11.5 Å². The Kier molecular flexibility index (Phi) is 5.82. The number of hydrogen-bond acceptors (Lipinski definition) is 3. The van der Waals surface area contributed by atoms with E-state index in [1.165, 1.54) is 0 Å². The van der Waals surface area contributed by atoms with Crippen LogP contribution in [-0.4, -0.2) is 20.8 Å². The Labute approximate surface area is 115 Å². The van der Waals surface area contributed by atoms with Crippen molar-refractivity contribution in [3.63, 3.8) is 0 Å². The van der Waals surface area contributed by atoms with Crippen LogP contribution in [0.4, 0.5) is 0 Å². The van der Waals surface area contributed by atoms with Gasteiger partial charge in [0, 0.05) is 27.7 Å². The first-order valence-corrected chi connectivity index (χ1v) is 6.22. The van der Waals surface area contributed by atoms with Crippen LogP contribution in [-0.2, 0) is 6.54 Å². The highest BCUT2D eigenvalue weighted by molar-refractivity contribution is 9.11. The fraction of sp³-hybridized carbons (Fsp3) is 0.333. The van der Waals surface area contributed by atoms with Gasteiger partial charge < -0.3 is 14.8 Å². The van der Waals surface area contributed by atoms with Crippen molar-refractivity contribution in [3.05, 3.63) is 33.8 Å². The molecule has 0 aromatic heterocycles. The zero-order valence-corrected chi connectivity index (χ0v) is 12.2. The molecule has 0 aliphatic heterocycles. The van der Waals surface area contributed by atoms with Crippen LogP contribution in [0.15, 0.2) is 23.2 Å². The molecule has 1 rings (SSSR count). The Morgan fingerprint density at radius 1 is 1.53 bits per heavy atom. The van der Waals surface area contributed by atoms with E-state index < -0.39 is 0 Å². The van der Waals surface area contributed by atoms with Gasteiger partial charge in [-0.15, -0.1) is 0 Å². The molecule has 3 nitrogen and oxygen atoms in total. The molecule has 0 saturated carbocycles. The highest BCUT2D eigenvalue weighted by Crippen LogP contribution is 2.35. The SMILES string of the molecule is C=C(Br)COc1c(CNC)cc(Cl)cc1OC. The van der Waals surface area contributed by atoms with Crippen molar-refractivity contribution in [2.75, 3.05) is 20.8 Å². The maximum Gasteiger partial charge on any atom is 0.166 e. The number of methoxy groups -OCH3 is 1. The molecule has 0 bridgehead atoms. The third kappa shape index (κ3) is 4.22. The van der Waals surface area contributed by atoms with Gasteiger partial charge in [-0.3, -0.25) is 0 Å². The molecule has 1 aromatic rings. The molecule has 0 aliphatic rings. The van der Waals surface area contributed by atoms with E-state index in [1.54, 1.807) is 13.2 Å². The fourth-order valence-electron chi connectivity index (χ4n) is 1.41. The molecule has 0 aliphatic carbocycles. The van der Waals surface area contributed by atoms with Gasteiger partial charge in [0.1, 0.15) is 6.61 Å². The average Bonchev–Trinajstić information content (AvgIpc) is 2.27. The minimum atomic E-state index is 0.384. The molecule has 1 N–H and O–H groups in total. The Balaban J connectivity index is 3.07. The molecule has 17 heavy (non-hydrogen) atoms. The Morgan fingerprint density at radius 2 is 2.24 bits per heavy atom. The summed E-state index contributed by atoms with van der Waals surface area (Å²) in [5, 5.41) is 3.68. The molecule has 0 unspecified atom stereocenters. The molecule has 0 atom stereocenters. The molecule has 94 valence electrons. The molecule has 0 radical (unpaired) electrons. The average molecular weight is 321 g/mol. The highest BCUT2D eigenvalue weighted by atomic mass is 79.9. The van der Waals surface area contributed by atoms with Gasteiger partial charge in [-0.05, 0) is 13.1 Å². The first-order chi connectivity index (χ1) is 8.08. The van der Waals surface area contributed by atoms with E-state index in [0.29, 0.717) is 29.7 Å². The van der Waals surface area contributed by atoms with Crippen molar-refractivity contribution in [1.82, 2.24) is 5.32 Å². The minimum absolute atomic E-state index is 0.384. The largest absolute Gasteiger partial charge is 0.493 e. The molecule has 0 fully saturated rings. The van der Waals surface area contributed by atoms with E-state index in [1.807, 2.05) is 13.1 Å². The van der Waals surface area contributed by atoms with E-state index in [2.05, 4.69) is 27.8 Å². The second-order valence-electron chi connectivity index (χ2n) is 3.43. The van der Waals surface area contributed by atoms with Crippen LogP contribution in [0.3, 0.4) is 0 Å². The first kappa shape index (κ1) is 14.4. The molecule has 0 spiro atoms. The van der Waals surface area contributed by atoms with Gasteiger partial charge in [0.25, 0.3) is 0 Å². The summed E-state index contributed by atoms with van der Waals surface area (Å²) in [5.74, 6) is 1.31. The van der Waals surface area contributed by atoms with Crippen molar-refractivity contribution in [3.8, 4) is 11.5 Å². The molecule has 0 amide bonds. The van der Waals surface area contributed by atoms with Crippen molar-refractivity contribution < 1.29 is 9.47 Å². The molecular weight excluding hydrogens is 305 g/mol. The van der Waals surface area contributed by atoms with Crippen molar-refractivity contribution in [2.45, 2.75) is 6.54 Å². The summed E-state index contributed by atoms with van der Waals surface area (Å²) >= 11 is 9.26. The number of benzene rings is 1. The Hall–Kier alpha value is -0.710. The standard InChI is InChI=1S/C12H15BrClNO2/c1-8(13)7-17-12-9(6-15-2)4-10(14)5-11(12)16-3/h4-5,15H,1,6-7H2,2-3H3. The normalized spacial score (nSPS) is 10.1. The molecule has 5 heteroatoms. The summed E-state index contributed by atoms with van der Waals surface area (Å²) in [7, 11) is 3.45. The van der Waals surface area contributed by atoms with Gasteiger partial charge in [0.05, 0.1) is 7.11 Å². The Morgan fingerprint density at radius 3 is 2.76 bits per heavy atom. The zero-order valence-electron chi connectivity index (χ0n) is 9.85. The summed E-state index contributed by atoms with van der Waals surface area (Å²) in [6.45, 7) is 4.77. The molecule has 0 heterocycles. The second-order valence-corrected chi connectivity index (χ2v) is 4.99. The quantitative estimate of drug-likeness (QED) is 0.872. The lowest BCUT2D eigenvalue weighted by atomic mass is 10.2. The fourth-order valence-corrected chi connectivity index (χ4v) is 1.76. The summed E-state index contributed by atoms with van der Waals surface area (Å²) in [6, 6.07) is 3.58. The lowest BCUT2D eigenvalue weighted by Crippen LogP contribution is -2.09. The number of ether oxygens (including phenoxy) is 2. The van der Waals surface area contributed by atoms with Gasteiger partial charge in [-0.25, -0.2) is 0 Å². The number of hydrogen-bond donors (Lipinski definition) is 1. The van der Waals surface area contributed by atoms with Crippen LogP contribution in [0.1, 0.15) is 5.56 Å². The van der Waals surface area contributed by atoms with Gasteiger partial charge in [-0.1, -0.05) is 34.1 Å². The van der Waals surface area contributed by atoms with Crippen molar-refractivity contribution in [1.29, 1.82) is 0 Å². The van der Waals surface area contributed by atoms with Crippen molar-refractivity contribution in [2.24, 2.45) is 0 Å². The van der Waals surface area contributed by atoms with Crippen LogP contribution in [0.2, 0.25) is 5.02 Å². The van der Waals surface area contributed by atoms with Gasteiger partial charge in [0.2, 0.25) is 0 Å². The Bertz CT molecular complexity index is 410. The first-order valence-electron chi connectivity index (χ1n) is 5.05. The van der Waals surface area contributed by atoms with Crippen LogP contribution in [0, 0.1) is 0 Å². The summed E-state index contributed by atoms with van der Waals surface area (Å²) in [6.07, 6.45) is 0. The maximum atomic E-state index is 6.01. The molecule has 0 saturated heterocycles. The van der Waals surface area contributed by atoms with E-state index in [-0.39, 0.29) is 0 Å². The lowest BCUT2D eigenvalue weighted by molar-refractivity contribution is 0.321. The maximum absolute atomic E-state index is 6.01. The predicted molar refractivity (Wildman–Crippen MR) is 74.3 cm³/mol. The molecule has 1 aromatic carbocycles. The van der Waals surface area contributed by atoms with Crippen LogP contribution < -0.4 is 14.8 Å². The number of halogens is 2. The lowest BCUT2D eigenvalue weighted by Gasteiger charge is -2.15. The number of nitrogens with one attached hydrogen (secondary N) is 1. The molecular formula is C12H15BrClNO2. The highest BCUT2D eigenvalue weighted by Gasteiger charge is 2.12. The van der Waals surface area contributed by atoms with Gasteiger partial charge in [-0.2, -0.15) is 0 Å². The number of rotatable bonds is 6. The van der Waals surface area contributed by atoms with Gasteiger partial charge >= 0.3 is 0 Å². The van der Waals surface area contributed by atoms with Crippen LogP contribution in [0.5, 0.6) is 11.5 Å². The summed E-state index contributed by atoms with van der Waals surface area (Å²) < 4.78 is 11.7. The van der Waals surface area contributed by atoms with E-state index >= 15 is 0 Å². The van der Waals surface area contributed by atoms with Crippen LogP contribution >= 0.6 is 27.5 Å². The summed E-state index contributed by atoms with van der Waals surface area (Å²) in [5.41, 5.74) is 0.950. The van der Waals surface area contributed by atoms with E-state index in [4.69, 9.17) is 21.1 Å². The van der Waals surface area contributed by atoms with Crippen LogP contribution in [0.25, 0.3) is 0 Å². The van der Waals surface area contributed by atoms with E-state index in [0.717, 1.165) is 10.0 Å². The predicted octanol–water partition coefficient (Wildman–Crippen LogP) is 3.36. The second kappa shape index (κ2) is 6.89. The third-order valence-corrected chi connectivity index (χ3v) is 2.50. The van der Waals surface area contributed by atoms with E-state index in [9.17, 15) is 0 Å². The third-order valence-electron chi connectivity index (χ3n) is 2.06. The topological polar surface area (TPSA) is 30.5 Å². The minimum Gasteiger partial charge on any atom is -0.493 e. The van der Waals surface area contributed by atoms with Crippen molar-refractivity contribution >= 4 is 27.5 Å².